The Morgan fingerprint density at radius 3 is 2.21 bits per heavy atom. The third kappa shape index (κ3) is 8.81. The number of nitrogens with zero attached hydrogens (tertiary/aromatic N) is 1. The van der Waals surface area contributed by atoms with E-state index in [0.29, 0.717) is 6.17 Å². The molecular formula is C24H46N3O+. The SMILES string of the molecule is CCCCCCCCCCCC/C=C/CC1NC=C[N+]1(CC)C(C)NC(C)=O. The third-order valence-electron chi connectivity index (χ3n) is 6.15. The van der Waals surface area contributed by atoms with Crippen LogP contribution in [0.2, 0.25) is 0 Å². The van der Waals surface area contributed by atoms with Crippen LogP contribution in [0.15, 0.2) is 24.6 Å². The first-order chi connectivity index (χ1) is 13.6. The van der Waals surface area contributed by atoms with Crippen LogP contribution in [0.25, 0.3) is 0 Å². The highest BCUT2D eigenvalue weighted by molar-refractivity contribution is 5.72. The van der Waals surface area contributed by atoms with Gasteiger partial charge in [0.25, 0.3) is 0 Å². The smallest absolute Gasteiger partial charge is 0.221 e. The molecule has 1 aliphatic heterocycles. The second-order valence-corrected chi connectivity index (χ2v) is 8.36. The van der Waals surface area contributed by atoms with Gasteiger partial charge in [-0.3, -0.25) is 9.28 Å². The minimum absolute atomic E-state index is 0.0361. The van der Waals surface area contributed by atoms with E-state index >= 15 is 0 Å². The molecule has 1 amide bonds. The molecule has 1 rings (SSSR count). The van der Waals surface area contributed by atoms with Crippen molar-refractivity contribution in [2.45, 2.75) is 117 Å². The van der Waals surface area contributed by atoms with Crippen molar-refractivity contribution in [3.63, 3.8) is 0 Å². The van der Waals surface area contributed by atoms with Crippen LogP contribution in [0.5, 0.6) is 0 Å². The second kappa shape index (κ2) is 14.7. The van der Waals surface area contributed by atoms with Crippen LogP contribution in [0, 0.1) is 0 Å². The van der Waals surface area contributed by atoms with Gasteiger partial charge in [-0.15, -0.1) is 0 Å². The molecule has 0 saturated heterocycles. The van der Waals surface area contributed by atoms with E-state index < -0.39 is 0 Å². The number of hydrogen-bond acceptors (Lipinski definition) is 2. The van der Waals surface area contributed by atoms with Gasteiger partial charge in [0.05, 0.1) is 12.7 Å². The van der Waals surface area contributed by atoms with E-state index in [1.165, 1.54) is 70.6 Å². The van der Waals surface area contributed by atoms with Gasteiger partial charge in [-0.2, -0.15) is 0 Å². The highest BCUT2D eigenvalue weighted by atomic mass is 16.1. The zero-order valence-corrected chi connectivity index (χ0v) is 19.0. The fourth-order valence-electron chi connectivity index (χ4n) is 4.31. The van der Waals surface area contributed by atoms with Gasteiger partial charge in [0.2, 0.25) is 5.91 Å². The number of allylic oxidation sites excluding steroid dienone is 1. The molecule has 28 heavy (non-hydrogen) atoms. The standard InChI is InChI=1S/C24H45N3O/c1-5-7-8-9-10-11-12-13-14-15-16-17-18-19-24-25-20-21-27(24,6-2)22(3)26-23(4)28/h17-18,20-22,24-25H,5-16,19H2,1-4H3/p+1/b18-17+. The maximum Gasteiger partial charge on any atom is 0.221 e. The van der Waals surface area contributed by atoms with E-state index in [9.17, 15) is 4.79 Å². The number of rotatable bonds is 16. The molecule has 4 nitrogen and oxygen atoms in total. The van der Waals surface area contributed by atoms with Crippen molar-refractivity contribution < 1.29 is 9.28 Å². The first kappa shape index (κ1) is 24.7. The summed E-state index contributed by atoms with van der Waals surface area (Å²) in [5.74, 6) is 0.0361. The molecule has 0 aromatic rings. The lowest BCUT2D eigenvalue weighted by Crippen LogP contribution is -2.62. The zero-order valence-electron chi connectivity index (χ0n) is 19.0. The predicted molar refractivity (Wildman–Crippen MR) is 120 cm³/mol. The van der Waals surface area contributed by atoms with Gasteiger partial charge in [0.1, 0.15) is 6.20 Å². The van der Waals surface area contributed by atoms with Crippen molar-refractivity contribution in [1.29, 1.82) is 0 Å². The molecule has 0 aliphatic carbocycles. The van der Waals surface area contributed by atoms with Gasteiger partial charge in [-0.1, -0.05) is 76.9 Å². The predicted octanol–water partition coefficient (Wildman–Crippen LogP) is 5.96. The second-order valence-electron chi connectivity index (χ2n) is 8.36. The van der Waals surface area contributed by atoms with Crippen molar-refractivity contribution in [2.75, 3.05) is 6.54 Å². The highest BCUT2D eigenvalue weighted by Crippen LogP contribution is 2.24. The summed E-state index contributed by atoms with van der Waals surface area (Å²) in [6.07, 6.45) is 25.4. The van der Waals surface area contributed by atoms with Crippen LogP contribution < -0.4 is 10.6 Å². The normalized spacial score (nSPS) is 22.5. The van der Waals surface area contributed by atoms with Gasteiger partial charge in [0, 0.05) is 20.3 Å². The summed E-state index contributed by atoms with van der Waals surface area (Å²) in [6.45, 7) is 9.12. The largest absolute Gasteiger partial charge is 0.337 e. The van der Waals surface area contributed by atoms with E-state index in [4.69, 9.17) is 0 Å². The number of carbonyl (C=O) groups excluding carboxylic acids is 1. The first-order valence-corrected chi connectivity index (χ1v) is 11.8. The molecule has 4 heteroatoms. The number of hydrogen-bond donors (Lipinski definition) is 2. The molecule has 0 radical (unpaired) electrons. The average molecular weight is 393 g/mol. The van der Waals surface area contributed by atoms with Crippen LogP contribution in [0.1, 0.15) is 105 Å². The number of nitrogens with one attached hydrogen (secondary N) is 2. The van der Waals surface area contributed by atoms with Crippen molar-refractivity contribution in [3.8, 4) is 0 Å². The van der Waals surface area contributed by atoms with E-state index in [2.05, 4.69) is 49.8 Å². The maximum atomic E-state index is 11.5. The Morgan fingerprint density at radius 2 is 1.64 bits per heavy atom. The molecule has 0 spiro atoms. The summed E-state index contributed by atoms with van der Waals surface area (Å²) in [7, 11) is 0. The van der Waals surface area contributed by atoms with Crippen LogP contribution >= 0.6 is 0 Å². The molecular weight excluding hydrogens is 346 g/mol. The highest BCUT2D eigenvalue weighted by Gasteiger charge is 2.41. The van der Waals surface area contributed by atoms with Gasteiger partial charge in [-0.05, 0) is 19.8 Å². The fourth-order valence-corrected chi connectivity index (χ4v) is 4.31. The first-order valence-electron chi connectivity index (χ1n) is 11.8. The molecule has 3 atom stereocenters. The van der Waals surface area contributed by atoms with Gasteiger partial charge < -0.3 is 10.6 Å². The average Bonchev–Trinajstić information content (AvgIpc) is 3.09. The summed E-state index contributed by atoms with van der Waals surface area (Å²) in [5.41, 5.74) is 0. The van der Waals surface area contributed by atoms with Crippen LogP contribution in [0.4, 0.5) is 0 Å². The van der Waals surface area contributed by atoms with Gasteiger partial charge in [-0.25, -0.2) is 0 Å². The Kier molecular flexibility index (Phi) is 13.0. The minimum atomic E-state index is 0.0361. The summed E-state index contributed by atoms with van der Waals surface area (Å²) in [5, 5.41) is 6.56. The number of carbonyl (C=O) groups is 1. The van der Waals surface area contributed by atoms with Crippen LogP contribution in [0.3, 0.4) is 0 Å². The van der Waals surface area contributed by atoms with Crippen molar-refractivity contribution in [2.24, 2.45) is 0 Å². The van der Waals surface area contributed by atoms with E-state index in [1.807, 2.05) is 6.20 Å². The Morgan fingerprint density at radius 1 is 1.04 bits per heavy atom. The molecule has 162 valence electrons. The molecule has 1 aliphatic rings. The van der Waals surface area contributed by atoms with Crippen molar-refractivity contribution in [1.82, 2.24) is 10.6 Å². The topological polar surface area (TPSA) is 41.1 Å². The molecule has 0 aromatic carbocycles. The Labute approximate surface area is 174 Å². The van der Waals surface area contributed by atoms with E-state index in [-0.39, 0.29) is 12.1 Å². The molecule has 0 fully saturated rings. The molecule has 0 bridgehead atoms. The van der Waals surface area contributed by atoms with E-state index in [1.54, 1.807) is 6.92 Å². The zero-order chi connectivity index (χ0) is 20.7. The van der Waals surface area contributed by atoms with Gasteiger partial charge >= 0.3 is 0 Å². The summed E-state index contributed by atoms with van der Waals surface area (Å²) < 4.78 is 0.766. The third-order valence-corrected chi connectivity index (χ3v) is 6.15. The number of quaternary nitrogens is 1. The molecule has 0 aromatic heterocycles. The Bertz CT molecular complexity index is 474. The summed E-state index contributed by atoms with van der Waals surface area (Å²) in [6, 6.07) is 0. The monoisotopic (exact) mass is 392 g/mol. The number of amides is 1. The maximum absolute atomic E-state index is 11.5. The Balaban J connectivity index is 2.16. The van der Waals surface area contributed by atoms with Crippen LogP contribution in [-0.4, -0.2) is 29.3 Å². The number of unbranched alkanes of at least 4 members (excludes halogenated alkanes) is 10. The lowest BCUT2D eigenvalue weighted by atomic mass is 10.1. The molecule has 1 heterocycles. The van der Waals surface area contributed by atoms with Gasteiger partial charge in [0.15, 0.2) is 12.3 Å². The van der Waals surface area contributed by atoms with Crippen molar-refractivity contribution >= 4 is 5.91 Å². The molecule has 3 unspecified atom stereocenters. The summed E-state index contributed by atoms with van der Waals surface area (Å²) >= 11 is 0. The van der Waals surface area contributed by atoms with Crippen molar-refractivity contribution in [3.05, 3.63) is 24.6 Å². The lowest BCUT2D eigenvalue weighted by Gasteiger charge is -2.41. The molecule has 2 N–H and O–H groups in total. The Hall–Kier alpha value is -1.29. The minimum Gasteiger partial charge on any atom is -0.337 e. The van der Waals surface area contributed by atoms with Crippen LogP contribution in [-0.2, 0) is 4.79 Å². The molecule has 0 saturated carbocycles. The fraction of sp³-hybridized carbons (Fsp3) is 0.792. The quantitative estimate of drug-likeness (QED) is 0.193. The van der Waals surface area contributed by atoms with E-state index in [0.717, 1.165) is 17.4 Å². The lowest BCUT2D eigenvalue weighted by molar-refractivity contribution is -0.923. The summed E-state index contributed by atoms with van der Waals surface area (Å²) in [4.78, 5) is 11.5.